The summed E-state index contributed by atoms with van der Waals surface area (Å²) in [7, 11) is 0. The van der Waals surface area contributed by atoms with E-state index < -0.39 is 6.04 Å². The second kappa shape index (κ2) is 25.2. The Bertz CT molecular complexity index is 1010. The Balaban J connectivity index is 1.59. The van der Waals surface area contributed by atoms with E-state index in [2.05, 4.69) is 17.6 Å². The van der Waals surface area contributed by atoms with Crippen LogP contribution in [0.15, 0.2) is 60.7 Å². The minimum absolute atomic E-state index is 0.0512. The lowest BCUT2D eigenvalue weighted by Crippen LogP contribution is -2.47. The predicted octanol–water partition coefficient (Wildman–Crippen LogP) is 8.62. The molecule has 44 heavy (non-hydrogen) atoms. The molecule has 2 N–H and O–H groups in total. The first-order chi connectivity index (χ1) is 21.6. The van der Waals surface area contributed by atoms with E-state index in [1.54, 1.807) is 0 Å². The molecule has 2 aromatic carbocycles. The smallest absolute Gasteiger partial charge is 0.306 e. The van der Waals surface area contributed by atoms with E-state index in [0.717, 1.165) is 24.0 Å². The van der Waals surface area contributed by atoms with Crippen molar-refractivity contribution in [1.82, 2.24) is 10.6 Å². The topological polar surface area (TPSA) is 84.5 Å². The molecule has 2 aromatic rings. The van der Waals surface area contributed by atoms with Crippen LogP contribution in [-0.4, -0.2) is 30.4 Å². The number of nitrogens with one attached hydrogen (secondary N) is 2. The maximum absolute atomic E-state index is 13.0. The molecule has 0 fully saturated rings. The van der Waals surface area contributed by atoms with Crippen LogP contribution >= 0.6 is 0 Å². The van der Waals surface area contributed by atoms with E-state index in [1.165, 1.54) is 89.9 Å². The van der Waals surface area contributed by atoms with Gasteiger partial charge in [0.2, 0.25) is 11.8 Å². The van der Waals surface area contributed by atoms with Crippen LogP contribution in [0.4, 0.5) is 0 Å². The van der Waals surface area contributed by atoms with E-state index in [-0.39, 0.29) is 43.7 Å². The Morgan fingerprint density at radius 1 is 0.636 bits per heavy atom. The standard InChI is InChI=1S/C38H58N2O4/c1-2-3-4-5-6-7-8-9-10-11-12-13-14-15-16-23-30-39-38(43)35(40-36(41)31-33-24-19-17-20-25-33)28-29-37(42)44-32-34-26-21-18-22-27-34/h17-22,24-27,35H,2-16,23,28-32H2,1H3,(H,39,43)(H,40,41)/t35-/m0/s1. The summed E-state index contributed by atoms with van der Waals surface area (Å²) in [5, 5.41) is 5.82. The molecule has 2 amide bonds. The summed E-state index contributed by atoms with van der Waals surface area (Å²) >= 11 is 0. The van der Waals surface area contributed by atoms with Crippen LogP contribution in [-0.2, 0) is 32.1 Å². The normalized spacial score (nSPS) is 11.6. The molecule has 0 saturated heterocycles. The highest BCUT2D eigenvalue weighted by atomic mass is 16.5. The minimum atomic E-state index is -0.781. The van der Waals surface area contributed by atoms with Crippen LogP contribution in [0.1, 0.15) is 134 Å². The number of esters is 1. The van der Waals surface area contributed by atoms with Crippen molar-refractivity contribution < 1.29 is 19.1 Å². The number of rotatable bonds is 26. The zero-order chi connectivity index (χ0) is 31.5. The molecular weight excluding hydrogens is 548 g/mol. The van der Waals surface area contributed by atoms with Crippen LogP contribution in [0.3, 0.4) is 0 Å². The molecule has 1 atom stereocenters. The first-order valence-corrected chi connectivity index (χ1v) is 17.4. The van der Waals surface area contributed by atoms with Crippen LogP contribution < -0.4 is 10.6 Å². The van der Waals surface area contributed by atoms with Crippen molar-refractivity contribution in [3.8, 4) is 0 Å². The molecule has 0 heterocycles. The lowest BCUT2D eigenvalue weighted by Gasteiger charge is -2.18. The first kappa shape index (κ1) is 37.0. The Labute approximate surface area is 267 Å². The van der Waals surface area contributed by atoms with Gasteiger partial charge in [0.1, 0.15) is 12.6 Å². The Kier molecular flexibility index (Phi) is 21.2. The molecule has 0 aliphatic rings. The number of carbonyl (C=O) groups is 3. The monoisotopic (exact) mass is 606 g/mol. The molecule has 0 unspecified atom stereocenters. The highest BCUT2D eigenvalue weighted by Crippen LogP contribution is 2.14. The van der Waals surface area contributed by atoms with Gasteiger partial charge in [-0.15, -0.1) is 0 Å². The van der Waals surface area contributed by atoms with Gasteiger partial charge in [-0.1, -0.05) is 164 Å². The number of hydrogen-bond acceptors (Lipinski definition) is 4. The molecule has 0 aliphatic heterocycles. The van der Waals surface area contributed by atoms with Gasteiger partial charge >= 0.3 is 5.97 Å². The van der Waals surface area contributed by atoms with Crippen molar-refractivity contribution in [3.63, 3.8) is 0 Å². The molecule has 244 valence electrons. The lowest BCUT2D eigenvalue weighted by molar-refractivity contribution is -0.145. The third-order valence-corrected chi connectivity index (χ3v) is 8.07. The summed E-state index contributed by atoms with van der Waals surface area (Å²) in [4.78, 5) is 38.1. The van der Waals surface area contributed by atoms with Crippen molar-refractivity contribution in [2.75, 3.05) is 6.54 Å². The van der Waals surface area contributed by atoms with Crippen molar-refractivity contribution in [1.29, 1.82) is 0 Å². The van der Waals surface area contributed by atoms with Gasteiger partial charge in [-0.25, -0.2) is 0 Å². The molecule has 2 rings (SSSR count). The van der Waals surface area contributed by atoms with Gasteiger partial charge in [0.05, 0.1) is 6.42 Å². The quantitative estimate of drug-likeness (QED) is 0.0829. The molecule has 0 aromatic heterocycles. The highest BCUT2D eigenvalue weighted by Gasteiger charge is 2.22. The van der Waals surface area contributed by atoms with Gasteiger partial charge in [-0.2, -0.15) is 0 Å². The van der Waals surface area contributed by atoms with E-state index >= 15 is 0 Å². The molecule has 0 radical (unpaired) electrons. The zero-order valence-corrected chi connectivity index (χ0v) is 27.3. The highest BCUT2D eigenvalue weighted by molar-refractivity contribution is 5.88. The molecular formula is C38H58N2O4. The maximum Gasteiger partial charge on any atom is 0.306 e. The largest absolute Gasteiger partial charge is 0.461 e. The summed E-state index contributed by atoms with van der Waals surface area (Å²) in [6, 6.07) is 18.1. The maximum atomic E-state index is 13.0. The van der Waals surface area contributed by atoms with Crippen molar-refractivity contribution >= 4 is 17.8 Å². The number of amides is 2. The third kappa shape index (κ3) is 19.2. The van der Waals surface area contributed by atoms with Gasteiger partial charge in [-0.05, 0) is 24.0 Å². The summed E-state index contributed by atoms with van der Waals surface area (Å²) < 4.78 is 5.37. The van der Waals surface area contributed by atoms with Crippen LogP contribution in [0.2, 0.25) is 0 Å². The minimum Gasteiger partial charge on any atom is -0.461 e. The molecule has 0 aliphatic carbocycles. The fraction of sp³-hybridized carbons (Fsp3) is 0.605. The third-order valence-electron chi connectivity index (χ3n) is 8.07. The fourth-order valence-corrected chi connectivity index (χ4v) is 5.38. The zero-order valence-electron chi connectivity index (χ0n) is 27.3. The van der Waals surface area contributed by atoms with Crippen LogP contribution in [0.5, 0.6) is 0 Å². The number of carbonyl (C=O) groups excluding carboxylic acids is 3. The van der Waals surface area contributed by atoms with Gasteiger partial charge in [0, 0.05) is 13.0 Å². The summed E-state index contributed by atoms with van der Waals surface area (Å²) in [6.07, 6.45) is 21.3. The summed E-state index contributed by atoms with van der Waals surface area (Å²) in [6.45, 7) is 3.03. The molecule has 6 heteroatoms. The molecule has 0 bridgehead atoms. The van der Waals surface area contributed by atoms with Crippen molar-refractivity contribution in [3.05, 3.63) is 71.8 Å². The molecule has 6 nitrogen and oxygen atoms in total. The Morgan fingerprint density at radius 2 is 1.11 bits per heavy atom. The second-order valence-corrected chi connectivity index (χ2v) is 12.1. The predicted molar refractivity (Wildman–Crippen MR) is 180 cm³/mol. The van der Waals surface area contributed by atoms with E-state index in [1.807, 2.05) is 60.7 Å². The van der Waals surface area contributed by atoms with Gasteiger partial charge in [-0.3, -0.25) is 14.4 Å². The number of ether oxygens (including phenoxy) is 1. The second-order valence-electron chi connectivity index (χ2n) is 12.1. The van der Waals surface area contributed by atoms with Gasteiger partial charge in [0.25, 0.3) is 0 Å². The summed E-state index contributed by atoms with van der Waals surface area (Å²) in [5.41, 5.74) is 1.78. The number of unbranched alkanes of at least 4 members (excludes halogenated alkanes) is 15. The first-order valence-electron chi connectivity index (χ1n) is 17.4. The lowest BCUT2D eigenvalue weighted by atomic mass is 10.0. The summed E-state index contributed by atoms with van der Waals surface area (Å²) in [5.74, 6) is -0.874. The van der Waals surface area contributed by atoms with Crippen molar-refractivity contribution in [2.24, 2.45) is 0 Å². The van der Waals surface area contributed by atoms with E-state index in [4.69, 9.17) is 4.74 Å². The average molecular weight is 607 g/mol. The number of benzene rings is 2. The Morgan fingerprint density at radius 3 is 1.64 bits per heavy atom. The average Bonchev–Trinajstić information content (AvgIpc) is 3.04. The fourth-order valence-electron chi connectivity index (χ4n) is 5.38. The van der Waals surface area contributed by atoms with Gasteiger partial charge in [0.15, 0.2) is 0 Å². The van der Waals surface area contributed by atoms with E-state index in [0.29, 0.717) is 6.54 Å². The van der Waals surface area contributed by atoms with Gasteiger partial charge < -0.3 is 15.4 Å². The van der Waals surface area contributed by atoms with Crippen molar-refractivity contribution in [2.45, 2.75) is 142 Å². The number of hydrogen-bond donors (Lipinski definition) is 2. The van der Waals surface area contributed by atoms with E-state index in [9.17, 15) is 14.4 Å². The Hall–Kier alpha value is -3.15. The molecule has 0 spiro atoms. The molecule has 0 saturated carbocycles. The van der Waals surface area contributed by atoms with Crippen LogP contribution in [0, 0.1) is 0 Å². The SMILES string of the molecule is CCCCCCCCCCCCCCCCCCNC(=O)[C@H](CCC(=O)OCc1ccccc1)NC(=O)Cc1ccccc1. The van der Waals surface area contributed by atoms with Crippen LogP contribution in [0.25, 0.3) is 0 Å².